The Labute approximate surface area is 61.3 Å². The van der Waals surface area contributed by atoms with Crippen LogP contribution in [-0.4, -0.2) is 11.2 Å². The van der Waals surface area contributed by atoms with Crippen molar-refractivity contribution in [3.05, 3.63) is 11.6 Å². The van der Waals surface area contributed by atoms with Crippen molar-refractivity contribution in [1.29, 1.82) is 0 Å². The van der Waals surface area contributed by atoms with Crippen LogP contribution in [0.4, 0.5) is 0 Å². The van der Waals surface area contributed by atoms with Gasteiger partial charge in [0.2, 0.25) is 0 Å². The zero-order valence-electron chi connectivity index (χ0n) is 5.84. The monoisotopic (exact) mass is 148 g/mol. The van der Waals surface area contributed by atoms with E-state index in [0.717, 1.165) is 0 Å². The van der Waals surface area contributed by atoms with Gasteiger partial charge in [0.05, 0.1) is 6.10 Å². The second-order valence-electron chi connectivity index (χ2n) is 2.41. The molecular formula is C7H13ClO. The number of hydrogen-bond acceptors (Lipinski definition) is 1. The third-order valence-corrected chi connectivity index (χ3v) is 1.41. The highest BCUT2D eigenvalue weighted by atomic mass is 35.5. The quantitative estimate of drug-likeness (QED) is 0.650. The van der Waals surface area contributed by atoms with E-state index in [1.54, 1.807) is 6.08 Å². The Kier molecular flexibility index (Phi) is 4.83. The Morgan fingerprint density at radius 3 is 2.44 bits per heavy atom. The van der Waals surface area contributed by atoms with Crippen LogP contribution >= 0.6 is 11.6 Å². The molecule has 0 amide bonds. The minimum Gasteiger partial charge on any atom is -0.393 e. The molecule has 0 radical (unpaired) electrons. The van der Waals surface area contributed by atoms with Gasteiger partial charge in [-0.05, 0) is 12.3 Å². The summed E-state index contributed by atoms with van der Waals surface area (Å²) in [5.74, 6) is 0.317. The molecule has 0 unspecified atom stereocenters. The first kappa shape index (κ1) is 8.99. The van der Waals surface area contributed by atoms with E-state index in [1.807, 2.05) is 13.8 Å². The topological polar surface area (TPSA) is 20.2 Å². The number of aliphatic hydroxyl groups excluding tert-OH is 1. The first-order valence-corrected chi connectivity index (χ1v) is 3.55. The number of halogens is 1. The molecule has 0 aliphatic heterocycles. The molecule has 1 N–H and O–H groups in total. The van der Waals surface area contributed by atoms with Crippen LogP contribution in [-0.2, 0) is 0 Å². The predicted molar refractivity (Wildman–Crippen MR) is 40.5 cm³/mol. The summed E-state index contributed by atoms with van der Waals surface area (Å²) in [4.78, 5) is 0. The Hall–Kier alpha value is -0.0100. The fourth-order valence-corrected chi connectivity index (χ4v) is 0.566. The van der Waals surface area contributed by atoms with Gasteiger partial charge >= 0.3 is 0 Å². The summed E-state index contributed by atoms with van der Waals surface area (Å²) in [6.45, 7) is 3.96. The Bertz CT molecular complexity index is 88.9. The van der Waals surface area contributed by atoms with Crippen molar-refractivity contribution in [2.45, 2.75) is 26.4 Å². The molecule has 2 heteroatoms. The third-order valence-electron chi connectivity index (χ3n) is 1.24. The van der Waals surface area contributed by atoms with Gasteiger partial charge in [0.25, 0.3) is 0 Å². The van der Waals surface area contributed by atoms with E-state index in [9.17, 15) is 0 Å². The lowest BCUT2D eigenvalue weighted by molar-refractivity contribution is 0.128. The van der Waals surface area contributed by atoms with Gasteiger partial charge in [-0.2, -0.15) is 0 Å². The van der Waals surface area contributed by atoms with Gasteiger partial charge in [0.1, 0.15) is 0 Å². The van der Waals surface area contributed by atoms with Gasteiger partial charge in [-0.15, -0.1) is 0 Å². The van der Waals surface area contributed by atoms with Gasteiger partial charge in [-0.3, -0.25) is 0 Å². The number of aliphatic hydroxyl groups is 1. The maximum atomic E-state index is 9.15. The molecule has 0 aliphatic rings. The molecule has 0 aromatic carbocycles. The van der Waals surface area contributed by atoms with E-state index in [4.69, 9.17) is 16.7 Å². The maximum absolute atomic E-state index is 9.15. The van der Waals surface area contributed by atoms with Crippen molar-refractivity contribution in [3.8, 4) is 0 Å². The summed E-state index contributed by atoms with van der Waals surface area (Å²) in [5, 5.41) is 9.15. The summed E-state index contributed by atoms with van der Waals surface area (Å²) < 4.78 is 0. The van der Waals surface area contributed by atoms with E-state index in [2.05, 4.69) is 0 Å². The van der Waals surface area contributed by atoms with E-state index >= 15 is 0 Å². The first-order valence-electron chi connectivity index (χ1n) is 3.11. The molecule has 0 saturated heterocycles. The van der Waals surface area contributed by atoms with Crippen LogP contribution in [0.15, 0.2) is 11.6 Å². The third kappa shape index (κ3) is 4.49. The average Bonchev–Trinajstić information content (AvgIpc) is 1.82. The highest BCUT2D eigenvalue weighted by Crippen LogP contribution is 2.05. The molecule has 1 nitrogen and oxygen atoms in total. The Morgan fingerprint density at radius 2 is 2.11 bits per heavy atom. The fourth-order valence-electron chi connectivity index (χ4n) is 0.463. The smallest absolute Gasteiger partial charge is 0.0597 e. The molecule has 0 bridgehead atoms. The summed E-state index contributed by atoms with van der Waals surface area (Å²) in [5.41, 5.74) is 1.44. The molecule has 0 aromatic rings. The zero-order valence-corrected chi connectivity index (χ0v) is 6.60. The molecule has 0 rings (SSSR count). The largest absolute Gasteiger partial charge is 0.393 e. The van der Waals surface area contributed by atoms with Gasteiger partial charge in [-0.25, -0.2) is 0 Å². The maximum Gasteiger partial charge on any atom is 0.0597 e. The molecule has 0 aromatic heterocycles. The summed E-state index contributed by atoms with van der Waals surface area (Å²) >= 11 is 5.26. The van der Waals surface area contributed by atoms with Crippen molar-refractivity contribution < 1.29 is 5.11 Å². The molecule has 1 atom stereocenters. The van der Waals surface area contributed by atoms with E-state index in [-0.39, 0.29) is 6.10 Å². The van der Waals surface area contributed by atoms with Crippen LogP contribution < -0.4 is 0 Å². The fraction of sp³-hybridized carbons (Fsp3) is 0.714. The summed E-state index contributed by atoms with van der Waals surface area (Å²) in [7, 11) is 0. The van der Waals surface area contributed by atoms with Crippen LogP contribution in [0.1, 0.15) is 20.3 Å². The number of hydrogen-bond donors (Lipinski definition) is 1. The van der Waals surface area contributed by atoms with E-state index in [1.165, 1.54) is 5.54 Å². The first-order chi connectivity index (χ1) is 4.18. The molecule has 0 saturated carbocycles. The van der Waals surface area contributed by atoms with Gasteiger partial charge in [0.15, 0.2) is 0 Å². The second-order valence-corrected chi connectivity index (χ2v) is 2.66. The predicted octanol–water partition coefficient (Wildman–Crippen LogP) is 2.15. The highest BCUT2D eigenvalue weighted by Gasteiger charge is 2.05. The Balaban J connectivity index is 3.38. The van der Waals surface area contributed by atoms with Crippen molar-refractivity contribution in [2.24, 2.45) is 5.92 Å². The molecule has 0 spiro atoms. The SMILES string of the molecule is CC(C)[C@@H](O)C/C=C/Cl. The van der Waals surface area contributed by atoms with Crippen LogP contribution in [0.2, 0.25) is 0 Å². The standard InChI is InChI=1S/C7H13ClO/c1-6(2)7(9)4-3-5-8/h3,5-7,9H,4H2,1-2H3/b5-3+/t7-/m0/s1. The van der Waals surface area contributed by atoms with E-state index in [0.29, 0.717) is 12.3 Å². The van der Waals surface area contributed by atoms with Gasteiger partial charge in [-0.1, -0.05) is 31.5 Å². The van der Waals surface area contributed by atoms with Crippen LogP contribution in [0.25, 0.3) is 0 Å². The molecule has 9 heavy (non-hydrogen) atoms. The Morgan fingerprint density at radius 1 is 1.56 bits per heavy atom. The summed E-state index contributed by atoms with van der Waals surface area (Å²) in [6.07, 6.45) is 2.16. The molecule has 0 fully saturated rings. The normalized spacial score (nSPS) is 15.2. The van der Waals surface area contributed by atoms with Gasteiger partial charge < -0.3 is 5.11 Å². The van der Waals surface area contributed by atoms with Crippen molar-refractivity contribution in [3.63, 3.8) is 0 Å². The molecule has 0 heterocycles. The minimum absolute atomic E-state index is 0.250. The van der Waals surface area contributed by atoms with Gasteiger partial charge in [0, 0.05) is 5.54 Å². The number of rotatable bonds is 3. The second kappa shape index (κ2) is 4.83. The molecule has 54 valence electrons. The highest BCUT2D eigenvalue weighted by molar-refractivity contribution is 6.25. The lowest BCUT2D eigenvalue weighted by Crippen LogP contribution is -2.12. The minimum atomic E-state index is -0.250. The van der Waals surface area contributed by atoms with Crippen LogP contribution in [0, 0.1) is 5.92 Å². The van der Waals surface area contributed by atoms with Crippen molar-refractivity contribution in [2.75, 3.05) is 0 Å². The average molecular weight is 149 g/mol. The zero-order chi connectivity index (χ0) is 7.28. The van der Waals surface area contributed by atoms with Crippen LogP contribution in [0.5, 0.6) is 0 Å². The lowest BCUT2D eigenvalue weighted by atomic mass is 10.1. The van der Waals surface area contributed by atoms with Crippen molar-refractivity contribution in [1.82, 2.24) is 0 Å². The molecular weight excluding hydrogens is 136 g/mol. The molecule has 0 aliphatic carbocycles. The van der Waals surface area contributed by atoms with E-state index < -0.39 is 0 Å². The van der Waals surface area contributed by atoms with Crippen molar-refractivity contribution >= 4 is 11.6 Å². The summed E-state index contributed by atoms with van der Waals surface area (Å²) in [6, 6.07) is 0. The van der Waals surface area contributed by atoms with Crippen LogP contribution in [0.3, 0.4) is 0 Å². The lowest BCUT2D eigenvalue weighted by Gasteiger charge is -2.10.